The maximum Gasteiger partial charge on any atom is 0.410 e. The Balaban J connectivity index is 1.74. The van der Waals surface area contributed by atoms with Gasteiger partial charge in [-0.3, -0.25) is 0 Å². The van der Waals surface area contributed by atoms with Crippen LogP contribution < -0.4 is 0 Å². The van der Waals surface area contributed by atoms with Crippen LogP contribution in [0.15, 0.2) is 6.07 Å². The van der Waals surface area contributed by atoms with Gasteiger partial charge in [-0.05, 0) is 39.7 Å². The third kappa shape index (κ3) is 3.35. The maximum absolute atomic E-state index is 14.1. The van der Waals surface area contributed by atoms with Crippen molar-refractivity contribution >= 4 is 29.0 Å². The number of carbonyl (C=O) groups is 1. The van der Waals surface area contributed by atoms with Gasteiger partial charge in [-0.2, -0.15) is 0 Å². The molecule has 2 aliphatic rings. The number of alkyl halides is 1. The van der Waals surface area contributed by atoms with E-state index in [0.717, 1.165) is 4.88 Å². The Bertz CT molecular complexity index is 605. The standard InChI is InChI=1S/C16H21ClFNO3S/c1-15(2,3)22-14(20)19-6-4-16(5-7-19)13-10(8-12(17)23-13)11(18)9-21-16/h8,11H,4-7,9H2,1-3H3. The molecule has 0 N–H and O–H groups in total. The number of rotatable bonds is 0. The summed E-state index contributed by atoms with van der Waals surface area (Å²) in [4.78, 5) is 14.7. The third-order valence-electron chi connectivity index (χ3n) is 4.21. The second-order valence-corrected chi connectivity index (χ2v) is 8.76. The Morgan fingerprint density at radius 3 is 2.74 bits per heavy atom. The number of amides is 1. The summed E-state index contributed by atoms with van der Waals surface area (Å²) in [6.45, 7) is 6.65. The summed E-state index contributed by atoms with van der Waals surface area (Å²) in [7, 11) is 0. The summed E-state index contributed by atoms with van der Waals surface area (Å²) < 4.78 is 25.9. The molecule has 1 aromatic rings. The van der Waals surface area contributed by atoms with E-state index in [0.29, 0.717) is 35.8 Å². The van der Waals surface area contributed by atoms with Crippen LogP contribution in [0.25, 0.3) is 0 Å². The van der Waals surface area contributed by atoms with Crippen LogP contribution in [0.3, 0.4) is 0 Å². The van der Waals surface area contributed by atoms with Crippen molar-refractivity contribution in [2.45, 2.75) is 51.0 Å². The van der Waals surface area contributed by atoms with E-state index in [1.54, 1.807) is 11.0 Å². The van der Waals surface area contributed by atoms with Gasteiger partial charge >= 0.3 is 6.09 Å². The number of fused-ring (bicyclic) bond motifs is 2. The average molecular weight is 362 g/mol. The number of thiophene rings is 1. The van der Waals surface area contributed by atoms with Crippen molar-refractivity contribution in [1.29, 1.82) is 0 Å². The topological polar surface area (TPSA) is 38.8 Å². The molecule has 3 heterocycles. The zero-order valence-electron chi connectivity index (χ0n) is 13.5. The van der Waals surface area contributed by atoms with Crippen LogP contribution in [0.5, 0.6) is 0 Å². The number of hydrogen-bond acceptors (Lipinski definition) is 4. The van der Waals surface area contributed by atoms with E-state index in [9.17, 15) is 9.18 Å². The minimum atomic E-state index is -1.12. The molecule has 4 nitrogen and oxygen atoms in total. The Morgan fingerprint density at radius 2 is 2.13 bits per heavy atom. The number of piperidine rings is 1. The van der Waals surface area contributed by atoms with E-state index >= 15 is 0 Å². The van der Waals surface area contributed by atoms with Gasteiger partial charge in [0.2, 0.25) is 0 Å². The van der Waals surface area contributed by atoms with Crippen LogP contribution in [0, 0.1) is 0 Å². The van der Waals surface area contributed by atoms with Gasteiger partial charge in [-0.1, -0.05) is 11.6 Å². The number of halogens is 2. The highest BCUT2D eigenvalue weighted by Gasteiger charge is 2.46. The number of carbonyl (C=O) groups excluding carboxylic acids is 1. The van der Waals surface area contributed by atoms with Gasteiger partial charge in [0.05, 0.1) is 10.9 Å². The monoisotopic (exact) mass is 361 g/mol. The van der Waals surface area contributed by atoms with Crippen LogP contribution >= 0.6 is 22.9 Å². The first-order valence-electron chi connectivity index (χ1n) is 7.76. The number of hydrogen-bond donors (Lipinski definition) is 0. The van der Waals surface area contributed by atoms with Crippen molar-refractivity contribution < 1.29 is 18.7 Å². The lowest BCUT2D eigenvalue weighted by molar-refractivity contribution is -0.115. The molecule has 1 amide bonds. The molecule has 1 fully saturated rings. The van der Waals surface area contributed by atoms with Gasteiger partial charge in [0, 0.05) is 23.5 Å². The smallest absolute Gasteiger partial charge is 0.410 e. The summed E-state index contributed by atoms with van der Waals surface area (Å²) in [5, 5.41) is 0. The molecule has 1 unspecified atom stereocenters. The van der Waals surface area contributed by atoms with E-state index in [1.807, 2.05) is 20.8 Å². The van der Waals surface area contributed by atoms with Crippen LogP contribution in [-0.4, -0.2) is 36.3 Å². The van der Waals surface area contributed by atoms with Crippen LogP contribution in [0.1, 0.15) is 50.2 Å². The lowest BCUT2D eigenvalue weighted by Crippen LogP contribution is -2.49. The molecule has 7 heteroatoms. The molecule has 2 aliphatic heterocycles. The second-order valence-electron chi connectivity index (χ2n) is 7.08. The van der Waals surface area contributed by atoms with E-state index in [4.69, 9.17) is 21.1 Å². The van der Waals surface area contributed by atoms with Gasteiger partial charge in [0.25, 0.3) is 0 Å². The number of nitrogens with zero attached hydrogens (tertiary/aromatic N) is 1. The highest BCUT2D eigenvalue weighted by Crippen LogP contribution is 2.49. The van der Waals surface area contributed by atoms with Crippen LogP contribution in [0.2, 0.25) is 4.34 Å². The van der Waals surface area contributed by atoms with Gasteiger partial charge in [-0.25, -0.2) is 9.18 Å². The third-order valence-corrected chi connectivity index (χ3v) is 5.68. The van der Waals surface area contributed by atoms with E-state index in [1.165, 1.54) is 11.3 Å². The number of likely N-dealkylation sites (tertiary alicyclic amines) is 1. The molecule has 1 aromatic heterocycles. The normalized spacial score (nSPS) is 23.7. The molecule has 128 valence electrons. The van der Waals surface area contributed by atoms with Gasteiger partial charge < -0.3 is 14.4 Å². The SMILES string of the molecule is CC(C)(C)OC(=O)N1CCC2(CC1)OCC(F)c1cc(Cl)sc12. The highest BCUT2D eigenvalue weighted by molar-refractivity contribution is 7.16. The minimum Gasteiger partial charge on any atom is -0.444 e. The molecule has 0 bridgehead atoms. The molecule has 3 rings (SSSR count). The lowest BCUT2D eigenvalue weighted by Gasteiger charge is -2.44. The van der Waals surface area contributed by atoms with Crippen molar-refractivity contribution in [1.82, 2.24) is 4.90 Å². The second kappa shape index (κ2) is 5.90. The molecule has 1 atom stereocenters. The summed E-state index contributed by atoms with van der Waals surface area (Å²) in [5.74, 6) is 0. The van der Waals surface area contributed by atoms with Crippen molar-refractivity contribution in [2.24, 2.45) is 0 Å². The van der Waals surface area contributed by atoms with Crippen LogP contribution in [0.4, 0.5) is 9.18 Å². The Kier molecular flexibility index (Phi) is 4.36. The first-order chi connectivity index (χ1) is 10.7. The molecule has 1 spiro atoms. The first-order valence-corrected chi connectivity index (χ1v) is 8.95. The molecule has 0 aliphatic carbocycles. The zero-order chi connectivity index (χ0) is 16.8. The largest absolute Gasteiger partial charge is 0.444 e. The molecule has 0 aromatic carbocycles. The average Bonchev–Trinajstić information content (AvgIpc) is 2.86. The van der Waals surface area contributed by atoms with Crippen molar-refractivity contribution in [3.63, 3.8) is 0 Å². The van der Waals surface area contributed by atoms with Crippen molar-refractivity contribution in [3.05, 3.63) is 20.8 Å². The van der Waals surface area contributed by atoms with Gasteiger partial charge in [0.15, 0.2) is 0 Å². The Morgan fingerprint density at radius 1 is 1.48 bits per heavy atom. The summed E-state index contributed by atoms with van der Waals surface area (Å²) >= 11 is 7.47. The van der Waals surface area contributed by atoms with Crippen LogP contribution in [-0.2, 0) is 15.1 Å². The quantitative estimate of drug-likeness (QED) is 0.674. The van der Waals surface area contributed by atoms with E-state index in [-0.39, 0.29) is 12.7 Å². The maximum atomic E-state index is 14.1. The Labute approximate surface area is 144 Å². The predicted octanol–water partition coefficient (Wildman–Crippen LogP) is 4.67. The molecule has 23 heavy (non-hydrogen) atoms. The van der Waals surface area contributed by atoms with Gasteiger partial charge in [0.1, 0.15) is 17.4 Å². The molecule has 0 radical (unpaired) electrons. The predicted molar refractivity (Wildman–Crippen MR) is 87.8 cm³/mol. The molecular formula is C16H21ClFNO3S. The fourth-order valence-electron chi connectivity index (χ4n) is 3.10. The summed E-state index contributed by atoms with van der Waals surface area (Å²) in [6.07, 6.45) is -0.176. The van der Waals surface area contributed by atoms with Gasteiger partial charge in [-0.15, -0.1) is 11.3 Å². The fraction of sp³-hybridized carbons (Fsp3) is 0.688. The zero-order valence-corrected chi connectivity index (χ0v) is 15.1. The minimum absolute atomic E-state index is 0.0481. The first kappa shape index (κ1) is 17.0. The lowest BCUT2D eigenvalue weighted by atomic mass is 9.85. The van der Waals surface area contributed by atoms with Crippen molar-refractivity contribution in [2.75, 3.05) is 19.7 Å². The number of ether oxygens (including phenoxy) is 2. The fourth-order valence-corrected chi connectivity index (χ4v) is 4.58. The Hall–Kier alpha value is -0.850. The molecular weight excluding hydrogens is 341 g/mol. The van der Waals surface area contributed by atoms with E-state index < -0.39 is 17.4 Å². The van der Waals surface area contributed by atoms with Crippen molar-refractivity contribution in [3.8, 4) is 0 Å². The molecule has 0 saturated carbocycles. The molecule has 1 saturated heterocycles. The summed E-state index contributed by atoms with van der Waals surface area (Å²) in [6, 6.07) is 1.71. The van der Waals surface area contributed by atoms with E-state index in [2.05, 4.69) is 0 Å². The highest BCUT2D eigenvalue weighted by atomic mass is 35.5. The summed E-state index contributed by atoms with van der Waals surface area (Å²) in [5.41, 5.74) is -0.380.